The molecule has 1 aromatic carbocycles. The molecule has 1 unspecified atom stereocenters. The molecule has 1 heterocycles. The molecule has 22 heavy (non-hydrogen) atoms. The molecule has 0 radical (unpaired) electrons. The van der Waals surface area contributed by atoms with E-state index in [9.17, 15) is 0 Å². The molecule has 1 fully saturated rings. The Morgan fingerprint density at radius 3 is 2.36 bits per heavy atom. The maximum Gasteiger partial charge on any atom is 0.123 e. The lowest BCUT2D eigenvalue weighted by atomic mass is 9.71. The highest BCUT2D eigenvalue weighted by molar-refractivity contribution is 5.44. The van der Waals surface area contributed by atoms with E-state index in [2.05, 4.69) is 65.1 Å². The molecule has 0 amide bonds. The molecular formula is C20H33NO. The number of hydrogen-bond acceptors (Lipinski definition) is 2. The second-order valence-electron chi connectivity index (χ2n) is 8.90. The first-order valence-electron chi connectivity index (χ1n) is 8.51. The molecule has 1 saturated heterocycles. The quantitative estimate of drug-likeness (QED) is 0.844. The smallest absolute Gasteiger partial charge is 0.123 e. The highest BCUT2D eigenvalue weighted by Crippen LogP contribution is 2.41. The largest absolute Gasteiger partial charge is 0.496 e. The van der Waals surface area contributed by atoms with Gasteiger partial charge in [0.05, 0.1) is 7.11 Å². The van der Waals surface area contributed by atoms with Crippen molar-refractivity contribution in [3.05, 3.63) is 29.3 Å². The molecule has 124 valence electrons. The lowest BCUT2D eigenvalue weighted by Crippen LogP contribution is -2.34. The maximum atomic E-state index is 5.65. The molecule has 1 aliphatic rings. The summed E-state index contributed by atoms with van der Waals surface area (Å²) in [6.07, 6.45) is 3.57. The van der Waals surface area contributed by atoms with Gasteiger partial charge in [-0.25, -0.2) is 0 Å². The van der Waals surface area contributed by atoms with Gasteiger partial charge in [-0.15, -0.1) is 0 Å². The van der Waals surface area contributed by atoms with E-state index in [4.69, 9.17) is 4.74 Å². The van der Waals surface area contributed by atoms with Crippen LogP contribution in [0.3, 0.4) is 0 Å². The summed E-state index contributed by atoms with van der Waals surface area (Å²) >= 11 is 0. The Hall–Kier alpha value is -1.02. The Morgan fingerprint density at radius 2 is 1.86 bits per heavy atom. The molecule has 1 aromatic rings. The van der Waals surface area contributed by atoms with Crippen LogP contribution >= 0.6 is 0 Å². The van der Waals surface area contributed by atoms with Gasteiger partial charge >= 0.3 is 0 Å². The first kappa shape index (κ1) is 17.3. The fourth-order valence-corrected chi connectivity index (χ4v) is 4.11. The number of rotatable bonds is 4. The number of methoxy groups -OCH3 is 1. The Morgan fingerprint density at radius 1 is 1.18 bits per heavy atom. The molecule has 1 atom stereocenters. The third-order valence-corrected chi connectivity index (χ3v) is 4.92. The summed E-state index contributed by atoms with van der Waals surface area (Å²) in [7, 11) is 1.77. The summed E-state index contributed by atoms with van der Waals surface area (Å²) in [6, 6.07) is 6.77. The predicted molar refractivity (Wildman–Crippen MR) is 94.7 cm³/mol. The Balaban J connectivity index is 2.43. The molecule has 0 aliphatic carbocycles. The van der Waals surface area contributed by atoms with Crippen molar-refractivity contribution in [3.63, 3.8) is 0 Å². The monoisotopic (exact) mass is 303 g/mol. The molecule has 0 aromatic heterocycles. The van der Waals surface area contributed by atoms with Gasteiger partial charge in [-0.1, -0.05) is 40.7 Å². The molecule has 2 nitrogen and oxygen atoms in total. The van der Waals surface area contributed by atoms with Gasteiger partial charge < -0.3 is 10.1 Å². The zero-order chi connectivity index (χ0) is 16.6. The van der Waals surface area contributed by atoms with Crippen LogP contribution in [0.15, 0.2) is 18.2 Å². The van der Waals surface area contributed by atoms with Gasteiger partial charge in [0.15, 0.2) is 0 Å². The van der Waals surface area contributed by atoms with Crippen LogP contribution in [0.1, 0.15) is 71.9 Å². The highest BCUT2D eigenvalue weighted by atomic mass is 16.5. The standard InChI is InChI=1S/C20H33NO/c1-18(2,3)14-19(4,5)15-9-10-17(22-7)16(13-15)20(6)11-8-12-21-20/h9-10,13,21H,8,11-12,14H2,1-7H3. The molecule has 0 spiro atoms. The number of hydrogen-bond donors (Lipinski definition) is 1. The minimum absolute atomic E-state index is 0.0408. The second-order valence-corrected chi connectivity index (χ2v) is 8.90. The summed E-state index contributed by atoms with van der Waals surface area (Å²) in [4.78, 5) is 0. The van der Waals surface area contributed by atoms with Crippen LogP contribution < -0.4 is 10.1 Å². The van der Waals surface area contributed by atoms with Crippen LogP contribution in [0.5, 0.6) is 5.75 Å². The lowest BCUT2D eigenvalue weighted by molar-refractivity contribution is 0.283. The van der Waals surface area contributed by atoms with Crippen molar-refractivity contribution in [2.75, 3.05) is 13.7 Å². The predicted octanol–water partition coefficient (Wildman–Crippen LogP) is 5.01. The Bertz CT molecular complexity index is 519. The SMILES string of the molecule is COc1ccc(C(C)(C)CC(C)(C)C)cc1C1(C)CCCN1. The van der Waals surface area contributed by atoms with E-state index in [1.54, 1.807) is 7.11 Å². The minimum atomic E-state index is 0.0408. The average Bonchev–Trinajstić information content (AvgIpc) is 2.83. The van der Waals surface area contributed by atoms with E-state index in [0.29, 0.717) is 5.41 Å². The third-order valence-electron chi connectivity index (χ3n) is 4.92. The summed E-state index contributed by atoms with van der Waals surface area (Å²) < 4.78 is 5.65. The van der Waals surface area contributed by atoms with Crippen molar-refractivity contribution >= 4 is 0 Å². The van der Waals surface area contributed by atoms with Gasteiger partial charge in [0.25, 0.3) is 0 Å². The molecule has 1 N–H and O–H groups in total. The van der Waals surface area contributed by atoms with Gasteiger partial charge in [0.2, 0.25) is 0 Å². The maximum absolute atomic E-state index is 5.65. The van der Waals surface area contributed by atoms with E-state index in [1.165, 1.54) is 24.0 Å². The molecular weight excluding hydrogens is 270 g/mol. The minimum Gasteiger partial charge on any atom is -0.496 e. The van der Waals surface area contributed by atoms with E-state index in [-0.39, 0.29) is 11.0 Å². The van der Waals surface area contributed by atoms with Crippen LogP contribution in [0, 0.1) is 5.41 Å². The van der Waals surface area contributed by atoms with Crippen molar-refractivity contribution in [1.29, 1.82) is 0 Å². The fourth-order valence-electron chi connectivity index (χ4n) is 4.11. The van der Waals surface area contributed by atoms with Crippen molar-refractivity contribution in [2.24, 2.45) is 5.41 Å². The lowest BCUT2D eigenvalue weighted by Gasteiger charge is -2.35. The Labute approximate surface area is 136 Å². The van der Waals surface area contributed by atoms with Crippen LogP contribution in [0.2, 0.25) is 0 Å². The van der Waals surface area contributed by atoms with Crippen molar-refractivity contribution in [3.8, 4) is 5.75 Å². The van der Waals surface area contributed by atoms with Crippen LogP contribution in [-0.4, -0.2) is 13.7 Å². The van der Waals surface area contributed by atoms with Gasteiger partial charge in [0, 0.05) is 11.1 Å². The van der Waals surface area contributed by atoms with Gasteiger partial charge in [0.1, 0.15) is 5.75 Å². The third kappa shape index (κ3) is 3.65. The summed E-state index contributed by atoms with van der Waals surface area (Å²) in [5, 5.41) is 3.67. The highest BCUT2D eigenvalue weighted by Gasteiger charge is 2.35. The van der Waals surface area contributed by atoms with Crippen LogP contribution in [0.4, 0.5) is 0 Å². The molecule has 0 saturated carbocycles. The fraction of sp³-hybridized carbons (Fsp3) is 0.700. The summed E-state index contributed by atoms with van der Waals surface area (Å²) in [6.45, 7) is 15.1. The van der Waals surface area contributed by atoms with E-state index in [1.807, 2.05) is 0 Å². The molecule has 1 aliphatic heterocycles. The average molecular weight is 303 g/mol. The van der Waals surface area contributed by atoms with Crippen molar-refractivity contribution in [2.45, 2.75) is 71.8 Å². The van der Waals surface area contributed by atoms with E-state index >= 15 is 0 Å². The van der Waals surface area contributed by atoms with Crippen molar-refractivity contribution < 1.29 is 4.74 Å². The number of nitrogens with one attached hydrogen (secondary N) is 1. The van der Waals surface area contributed by atoms with E-state index < -0.39 is 0 Å². The summed E-state index contributed by atoms with van der Waals surface area (Å²) in [5.41, 5.74) is 3.24. The van der Waals surface area contributed by atoms with Gasteiger partial charge in [-0.3, -0.25) is 0 Å². The topological polar surface area (TPSA) is 21.3 Å². The molecule has 0 bridgehead atoms. The molecule has 2 rings (SSSR count). The van der Waals surface area contributed by atoms with Crippen molar-refractivity contribution in [1.82, 2.24) is 5.32 Å². The van der Waals surface area contributed by atoms with E-state index in [0.717, 1.165) is 18.7 Å². The van der Waals surface area contributed by atoms with Crippen LogP contribution in [-0.2, 0) is 11.0 Å². The van der Waals surface area contributed by atoms with Crippen LogP contribution in [0.25, 0.3) is 0 Å². The second kappa shape index (κ2) is 5.88. The first-order valence-corrected chi connectivity index (χ1v) is 8.51. The van der Waals surface area contributed by atoms with Gasteiger partial charge in [-0.2, -0.15) is 0 Å². The number of benzene rings is 1. The van der Waals surface area contributed by atoms with Gasteiger partial charge in [-0.05, 0) is 61.3 Å². The zero-order valence-electron chi connectivity index (χ0n) is 15.5. The zero-order valence-corrected chi connectivity index (χ0v) is 15.5. The summed E-state index contributed by atoms with van der Waals surface area (Å²) in [5.74, 6) is 1.01. The first-order chi connectivity index (χ1) is 10.1. The Kier molecular flexibility index (Phi) is 4.64. The normalized spacial score (nSPS) is 22.9. The number of ether oxygens (including phenoxy) is 1. The molecule has 2 heteroatoms.